The van der Waals surface area contributed by atoms with Crippen LogP contribution in [0.4, 0.5) is 0 Å². The highest BCUT2D eigenvalue weighted by atomic mass is 127. The Kier molecular flexibility index (Phi) is 2.37. The fourth-order valence-electron chi connectivity index (χ4n) is 0.805. The molecule has 3 nitrogen and oxygen atoms in total. The molecule has 6 heteroatoms. The van der Waals surface area contributed by atoms with E-state index >= 15 is 0 Å². The zero-order valence-corrected chi connectivity index (χ0v) is 9.90. The van der Waals surface area contributed by atoms with Crippen LogP contribution in [0.15, 0.2) is 5.51 Å². The summed E-state index contributed by atoms with van der Waals surface area (Å²) in [6.45, 7) is 1.99. The van der Waals surface area contributed by atoms with Gasteiger partial charge in [-0.1, -0.05) is 0 Å². The molecule has 0 atom stereocenters. The van der Waals surface area contributed by atoms with Crippen molar-refractivity contribution in [1.29, 1.82) is 0 Å². The molecule has 2 aromatic rings. The lowest BCUT2D eigenvalue weighted by Gasteiger charge is -1.87. The molecule has 2 heterocycles. The first kappa shape index (κ1) is 8.52. The maximum Gasteiger partial charge on any atom is 0.203 e. The van der Waals surface area contributed by atoms with Crippen LogP contribution in [-0.2, 0) is 0 Å². The smallest absolute Gasteiger partial charge is 0.203 e. The summed E-state index contributed by atoms with van der Waals surface area (Å²) in [5.74, 6) is 0. The Morgan fingerprint density at radius 2 is 2.33 bits per heavy atom. The molecule has 0 aromatic carbocycles. The van der Waals surface area contributed by atoms with Crippen molar-refractivity contribution >= 4 is 45.5 Å². The Balaban J connectivity index is 2.50. The fraction of sp³-hybridized carbons (Fsp3) is 0.167. The minimum absolute atomic E-state index is 0.806. The Hall–Kier alpha value is -0.0800. The number of nitrogens with zero attached hydrogens (tertiary/aromatic N) is 3. The number of aryl methyl sites for hydroxylation is 1. The average Bonchev–Trinajstić information content (AvgIpc) is 2.58. The molecule has 2 aromatic heterocycles. The van der Waals surface area contributed by atoms with Gasteiger partial charge < -0.3 is 0 Å². The van der Waals surface area contributed by atoms with E-state index in [1.54, 1.807) is 11.3 Å². The van der Waals surface area contributed by atoms with Crippen molar-refractivity contribution in [2.75, 3.05) is 0 Å². The molecule has 0 aliphatic heterocycles. The van der Waals surface area contributed by atoms with Gasteiger partial charge in [0, 0.05) is 22.6 Å². The monoisotopic (exact) mass is 309 g/mol. The van der Waals surface area contributed by atoms with E-state index in [-0.39, 0.29) is 0 Å². The Bertz CT molecular complexity index is 395. The molecule has 0 saturated carbocycles. The van der Waals surface area contributed by atoms with Crippen molar-refractivity contribution in [3.63, 3.8) is 0 Å². The topological polar surface area (TPSA) is 38.7 Å². The molecule has 0 amide bonds. The van der Waals surface area contributed by atoms with Crippen LogP contribution in [0.2, 0.25) is 0 Å². The molecule has 62 valence electrons. The second-order valence-electron chi connectivity index (χ2n) is 2.14. The zero-order chi connectivity index (χ0) is 8.55. The van der Waals surface area contributed by atoms with Gasteiger partial charge >= 0.3 is 0 Å². The lowest BCUT2D eigenvalue weighted by atomic mass is 10.4. The number of rotatable bonds is 1. The van der Waals surface area contributed by atoms with Crippen molar-refractivity contribution < 1.29 is 0 Å². The summed E-state index contributed by atoms with van der Waals surface area (Å²) in [5.41, 5.74) is 2.87. The average molecular weight is 309 g/mol. The second-order valence-corrected chi connectivity index (χ2v) is 4.71. The van der Waals surface area contributed by atoms with Gasteiger partial charge in [0.2, 0.25) is 3.83 Å². The number of hydrogen-bond acceptors (Lipinski definition) is 5. The summed E-state index contributed by atoms with van der Waals surface area (Å²) in [6.07, 6.45) is 0. The Morgan fingerprint density at radius 3 is 2.83 bits per heavy atom. The van der Waals surface area contributed by atoms with Crippen LogP contribution in [-0.4, -0.2) is 14.3 Å². The fourth-order valence-corrected chi connectivity index (χ4v) is 3.01. The van der Waals surface area contributed by atoms with Crippen LogP contribution >= 0.6 is 45.5 Å². The van der Waals surface area contributed by atoms with E-state index in [0.717, 1.165) is 19.4 Å². The standard InChI is InChI=1S/C6H4IN3S2/c1-3-4(11-2-8-3)5-9-6(7)10-12-5/h2H,1H3. The summed E-state index contributed by atoms with van der Waals surface area (Å²) in [7, 11) is 0. The van der Waals surface area contributed by atoms with E-state index in [0.29, 0.717) is 0 Å². The third-order valence-electron chi connectivity index (χ3n) is 1.34. The molecular formula is C6H4IN3S2. The van der Waals surface area contributed by atoms with Gasteiger partial charge in [0.15, 0.2) is 5.01 Å². The number of halogens is 1. The maximum absolute atomic E-state index is 4.28. The highest BCUT2D eigenvalue weighted by Gasteiger charge is 2.09. The van der Waals surface area contributed by atoms with Gasteiger partial charge in [-0.2, -0.15) is 4.37 Å². The van der Waals surface area contributed by atoms with Crippen molar-refractivity contribution in [2.45, 2.75) is 6.92 Å². The van der Waals surface area contributed by atoms with E-state index in [1.807, 2.05) is 12.4 Å². The van der Waals surface area contributed by atoms with Crippen LogP contribution in [0.1, 0.15) is 5.69 Å². The van der Waals surface area contributed by atoms with Gasteiger partial charge in [-0.3, -0.25) is 0 Å². The third kappa shape index (κ3) is 1.50. The third-order valence-corrected chi connectivity index (χ3v) is 3.95. The van der Waals surface area contributed by atoms with Crippen molar-refractivity contribution in [2.24, 2.45) is 0 Å². The molecule has 0 spiro atoms. The molecule has 0 aliphatic carbocycles. The maximum atomic E-state index is 4.28. The van der Waals surface area contributed by atoms with E-state index in [1.165, 1.54) is 11.5 Å². The highest BCUT2D eigenvalue weighted by molar-refractivity contribution is 14.1. The van der Waals surface area contributed by atoms with Gasteiger partial charge in [-0.15, -0.1) is 11.3 Å². The Labute approximate surface area is 91.2 Å². The minimum atomic E-state index is 0.806. The number of thiazole rings is 1. The highest BCUT2D eigenvalue weighted by Crippen LogP contribution is 2.28. The molecule has 0 bridgehead atoms. The van der Waals surface area contributed by atoms with Gasteiger partial charge in [-0.25, -0.2) is 9.97 Å². The van der Waals surface area contributed by atoms with E-state index < -0.39 is 0 Å². The van der Waals surface area contributed by atoms with Gasteiger partial charge in [0.25, 0.3) is 0 Å². The van der Waals surface area contributed by atoms with Crippen molar-refractivity contribution in [3.8, 4) is 9.88 Å². The first-order valence-electron chi connectivity index (χ1n) is 3.17. The molecule has 2 rings (SSSR count). The second kappa shape index (κ2) is 3.35. The predicted molar refractivity (Wildman–Crippen MR) is 58.5 cm³/mol. The molecule has 0 aliphatic rings. The summed E-state index contributed by atoms with van der Waals surface area (Å²) >= 11 is 5.14. The molecular weight excluding hydrogens is 305 g/mol. The predicted octanol–water partition coefficient (Wildman–Crippen LogP) is 2.57. The summed E-state index contributed by atoms with van der Waals surface area (Å²) in [6, 6.07) is 0. The summed E-state index contributed by atoms with van der Waals surface area (Å²) in [5, 5.41) is 0.972. The lowest BCUT2D eigenvalue weighted by Crippen LogP contribution is -1.76. The van der Waals surface area contributed by atoms with Crippen LogP contribution in [0.3, 0.4) is 0 Å². The van der Waals surface area contributed by atoms with Crippen molar-refractivity contribution in [3.05, 3.63) is 15.0 Å². The van der Waals surface area contributed by atoms with E-state index in [9.17, 15) is 0 Å². The van der Waals surface area contributed by atoms with Crippen LogP contribution in [0.25, 0.3) is 9.88 Å². The van der Waals surface area contributed by atoms with E-state index in [4.69, 9.17) is 0 Å². The van der Waals surface area contributed by atoms with Gasteiger partial charge in [-0.05, 0) is 18.5 Å². The van der Waals surface area contributed by atoms with Crippen LogP contribution in [0, 0.1) is 10.8 Å². The molecule has 0 radical (unpaired) electrons. The van der Waals surface area contributed by atoms with Crippen molar-refractivity contribution in [1.82, 2.24) is 14.3 Å². The molecule has 12 heavy (non-hydrogen) atoms. The van der Waals surface area contributed by atoms with E-state index in [2.05, 4.69) is 36.9 Å². The molecule has 0 fully saturated rings. The largest absolute Gasteiger partial charge is 0.249 e. The molecule has 0 unspecified atom stereocenters. The summed E-state index contributed by atoms with van der Waals surface area (Å²) < 4.78 is 4.92. The number of aromatic nitrogens is 3. The first-order valence-corrected chi connectivity index (χ1v) is 5.90. The van der Waals surface area contributed by atoms with Crippen LogP contribution < -0.4 is 0 Å². The summed E-state index contributed by atoms with van der Waals surface area (Å²) in [4.78, 5) is 9.57. The van der Waals surface area contributed by atoms with Gasteiger partial charge in [0.1, 0.15) is 0 Å². The van der Waals surface area contributed by atoms with Gasteiger partial charge in [0.05, 0.1) is 16.1 Å². The SMILES string of the molecule is Cc1ncsc1-c1nc(I)ns1. The lowest BCUT2D eigenvalue weighted by molar-refractivity contribution is 1.23. The quantitative estimate of drug-likeness (QED) is 0.760. The molecule has 0 N–H and O–H groups in total. The zero-order valence-electron chi connectivity index (χ0n) is 6.11. The normalized spacial score (nSPS) is 10.5. The first-order chi connectivity index (χ1) is 5.77. The Morgan fingerprint density at radius 1 is 1.50 bits per heavy atom. The minimum Gasteiger partial charge on any atom is -0.249 e. The number of hydrogen-bond donors (Lipinski definition) is 0. The molecule has 0 saturated heterocycles. The van der Waals surface area contributed by atoms with Crippen LogP contribution in [0.5, 0.6) is 0 Å².